The van der Waals surface area contributed by atoms with Gasteiger partial charge in [0.1, 0.15) is 5.54 Å². The maximum atomic E-state index is 11.7. The Hall–Kier alpha value is -1.88. The molecular weight excluding hydrogens is 280 g/mol. The van der Waals surface area contributed by atoms with Crippen molar-refractivity contribution in [2.24, 2.45) is 5.73 Å². The molecule has 22 heavy (non-hydrogen) atoms. The van der Waals surface area contributed by atoms with E-state index in [9.17, 15) is 9.59 Å². The van der Waals surface area contributed by atoms with Crippen molar-refractivity contribution in [3.8, 4) is 0 Å². The molecule has 1 aromatic carbocycles. The zero-order valence-corrected chi connectivity index (χ0v) is 13.4. The Morgan fingerprint density at radius 2 is 1.86 bits per heavy atom. The van der Waals surface area contributed by atoms with Gasteiger partial charge in [0.15, 0.2) is 0 Å². The third-order valence-electron chi connectivity index (χ3n) is 3.67. The molecule has 0 saturated heterocycles. The first-order valence-electron chi connectivity index (χ1n) is 7.66. The predicted octanol–water partition coefficient (Wildman–Crippen LogP) is 2.02. The van der Waals surface area contributed by atoms with Crippen LogP contribution in [0.3, 0.4) is 0 Å². The molecule has 5 nitrogen and oxygen atoms in total. The molecule has 0 aromatic heterocycles. The number of hydrogen-bond donors (Lipinski definition) is 3. The van der Waals surface area contributed by atoms with Gasteiger partial charge in [0.2, 0.25) is 5.91 Å². The van der Waals surface area contributed by atoms with E-state index >= 15 is 0 Å². The first kappa shape index (κ1) is 18.2. The number of aryl methyl sites for hydroxylation is 2. The summed E-state index contributed by atoms with van der Waals surface area (Å²) in [6, 6.07) is 8.31. The molecular formula is C17H26N2O3. The van der Waals surface area contributed by atoms with Crippen molar-refractivity contribution in [1.29, 1.82) is 0 Å². The van der Waals surface area contributed by atoms with Gasteiger partial charge in [0.05, 0.1) is 0 Å². The van der Waals surface area contributed by atoms with Crippen molar-refractivity contribution in [2.45, 2.75) is 51.5 Å². The van der Waals surface area contributed by atoms with Gasteiger partial charge in [-0.25, -0.2) is 0 Å². The Morgan fingerprint density at radius 3 is 2.45 bits per heavy atom. The number of rotatable bonds is 9. The molecule has 0 saturated carbocycles. The quantitative estimate of drug-likeness (QED) is 0.609. The lowest BCUT2D eigenvalue weighted by atomic mass is 9.97. The van der Waals surface area contributed by atoms with E-state index in [4.69, 9.17) is 10.8 Å². The molecule has 1 aromatic rings. The Balaban J connectivity index is 2.14. The monoisotopic (exact) mass is 306 g/mol. The van der Waals surface area contributed by atoms with Crippen LogP contribution in [-0.2, 0) is 16.0 Å². The van der Waals surface area contributed by atoms with E-state index in [1.54, 1.807) is 0 Å². The third kappa shape index (κ3) is 6.72. The number of nitrogens with two attached hydrogens (primary N) is 1. The Morgan fingerprint density at radius 1 is 1.23 bits per heavy atom. The molecule has 0 aliphatic carbocycles. The van der Waals surface area contributed by atoms with Gasteiger partial charge in [-0.05, 0) is 45.1 Å². The Bertz CT molecular complexity index is 495. The van der Waals surface area contributed by atoms with Crippen LogP contribution >= 0.6 is 0 Å². The zero-order chi connectivity index (χ0) is 16.6. The van der Waals surface area contributed by atoms with Gasteiger partial charge in [-0.2, -0.15) is 0 Å². The largest absolute Gasteiger partial charge is 0.480 e. The summed E-state index contributed by atoms with van der Waals surface area (Å²) in [4.78, 5) is 22.5. The van der Waals surface area contributed by atoms with E-state index in [1.807, 2.05) is 6.92 Å². The first-order chi connectivity index (χ1) is 10.3. The first-order valence-corrected chi connectivity index (χ1v) is 7.66. The molecule has 0 aliphatic heterocycles. The normalized spacial score (nSPS) is 13.4. The van der Waals surface area contributed by atoms with Crippen LogP contribution in [0.5, 0.6) is 0 Å². The molecule has 0 bridgehead atoms. The smallest absolute Gasteiger partial charge is 0.323 e. The van der Waals surface area contributed by atoms with Crippen molar-refractivity contribution >= 4 is 11.9 Å². The summed E-state index contributed by atoms with van der Waals surface area (Å²) in [6.45, 7) is 4.00. The van der Waals surface area contributed by atoms with Crippen molar-refractivity contribution in [3.63, 3.8) is 0 Å². The Labute approximate surface area is 131 Å². The lowest BCUT2D eigenvalue weighted by Crippen LogP contribution is -2.45. The summed E-state index contributed by atoms with van der Waals surface area (Å²) >= 11 is 0. The van der Waals surface area contributed by atoms with Gasteiger partial charge in [0, 0.05) is 13.0 Å². The van der Waals surface area contributed by atoms with E-state index < -0.39 is 11.5 Å². The van der Waals surface area contributed by atoms with Gasteiger partial charge in [-0.3, -0.25) is 9.59 Å². The highest BCUT2D eigenvalue weighted by atomic mass is 16.4. The van der Waals surface area contributed by atoms with E-state index in [-0.39, 0.29) is 5.91 Å². The van der Waals surface area contributed by atoms with Crippen LogP contribution in [0.4, 0.5) is 0 Å². The second-order valence-corrected chi connectivity index (χ2v) is 6.02. The van der Waals surface area contributed by atoms with Gasteiger partial charge in [-0.15, -0.1) is 0 Å². The molecule has 0 radical (unpaired) electrons. The van der Waals surface area contributed by atoms with Crippen LogP contribution in [0.15, 0.2) is 24.3 Å². The minimum atomic E-state index is -1.23. The number of carboxylic acid groups (broad SMARTS) is 1. The van der Waals surface area contributed by atoms with Gasteiger partial charge >= 0.3 is 5.97 Å². The van der Waals surface area contributed by atoms with Crippen LogP contribution in [0, 0.1) is 6.92 Å². The molecule has 1 rings (SSSR count). The molecule has 0 fully saturated rings. The van der Waals surface area contributed by atoms with Crippen LogP contribution in [0.1, 0.15) is 43.7 Å². The number of carboxylic acids is 1. The number of carbonyl (C=O) groups excluding carboxylic acids is 1. The highest BCUT2D eigenvalue weighted by Gasteiger charge is 2.26. The number of hydrogen-bond acceptors (Lipinski definition) is 3. The molecule has 1 unspecified atom stereocenters. The minimum absolute atomic E-state index is 0.00108. The number of benzene rings is 1. The van der Waals surface area contributed by atoms with Crippen molar-refractivity contribution < 1.29 is 14.7 Å². The fourth-order valence-electron chi connectivity index (χ4n) is 2.09. The number of amides is 1. The van der Waals surface area contributed by atoms with E-state index in [0.29, 0.717) is 25.8 Å². The SMILES string of the molecule is Cc1ccc(CCCC(=O)NCCCC(C)(N)C(=O)O)cc1. The molecule has 5 heteroatoms. The van der Waals surface area contributed by atoms with Crippen molar-refractivity contribution in [3.05, 3.63) is 35.4 Å². The highest BCUT2D eigenvalue weighted by molar-refractivity contribution is 5.78. The molecule has 0 heterocycles. The van der Waals surface area contributed by atoms with Crippen molar-refractivity contribution in [2.75, 3.05) is 6.54 Å². The van der Waals surface area contributed by atoms with E-state index in [0.717, 1.165) is 12.8 Å². The fourth-order valence-corrected chi connectivity index (χ4v) is 2.09. The van der Waals surface area contributed by atoms with Crippen LogP contribution in [0.2, 0.25) is 0 Å². The summed E-state index contributed by atoms with van der Waals surface area (Å²) < 4.78 is 0. The lowest BCUT2D eigenvalue weighted by Gasteiger charge is -2.18. The molecule has 0 spiro atoms. The lowest BCUT2D eigenvalue weighted by molar-refractivity contribution is -0.142. The second-order valence-electron chi connectivity index (χ2n) is 6.02. The van der Waals surface area contributed by atoms with Gasteiger partial charge in [0.25, 0.3) is 0 Å². The van der Waals surface area contributed by atoms with Crippen LogP contribution < -0.4 is 11.1 Å². The average Bonchev–Trinajstić information content (AvgIpc) is 2.45. The van der Waals surface area contributed by atoms with Gasteiger partial charge in [-0.1, -0.05) is 29.8 Å². The van der Waals surface area contributed by atoms with Crippen molar-refractivity contribution in [1.82, 2.24) is 5.32 Å². The van der Waals surface area contributed by atoms with E-state index in [1.165, 1.54) is 18.1 Å². The summed E-state index contributed by atoms with van der Waals surface area (Å²) in [7, 11) is 0. The number of aliphatic carboxylic acids is 1. The van der Waals surface area contributed by atoms with Crippen LogP contribution in [0.25, 0.3) is 0 Å². The zero-order valence-electron chi connectivity index (χ0n) is 13.4. The van der Waals surface area contributed by atoms with Gasteiger partial charge < -0.3 is 16.2 Å². The maximum absolute atomic E-state index is 11.7. The summed E-state index contributed by atoms with van der Waals surface area (Å²) in [5.41, 5.74) is 6.86. The maximum Gasteiger partial charge on any atom is 0.323 e. The minimum Gasteiger partial charge on any atom is -0.480 e. The Kier molecular flexibility index (Phi) is 7.05. The summed E-state index contributed by atoms with van der Waals surface area (Å²) in [5.74, 6) is -1.02. The summed E-state index contributed by atoms with van der Waals surface area (Å²) in [5, 5.41) is 11.7. The topological polar surface area (TPSA) is 92.4 Å². The molecule has 4 N–H and O–H groups in total. The molecule has 0 aliphatic rings. The molecule has 1 atom stereocenters. The second kappa shape index (κ2) is 8.54. The highest BCUT2D eigenvalue weighted by Crippen LogP contribution is 2.09. The number of carbonyl (C=O) groups is 2. The fraction of sp³-hybridized carbons (Fsp3) is 0.529. The summed E-state index contributed by atoms with van der Waals surface area (Å²) in [6.07, 6.45) is 3.06. The third-order valence-corrected chi connectivity index (χ3v) is 3.67. The predicted molar refractivity (Wildman–Crippen MR) is 86.6 cm³/mol. The average molecular weight is 306 g/mol. The van der Waals surface area contributed by atoms with E-state index in [2.05, 4.69) is 29.6 Å². The van der Waals surface area contributed by atoms with Crippen LogP contribution in [-0.4, -0.2) is 29.1 Å². The number of nitrogens with one attached hydrogen (secondary N) is 1. The standard InChI is InChI=1S/C17H26N2O3/c1-13-7-9-14(10-8-13)5-3-6-15(20)19-12-4-11-17(2,18)16(21)22/h7-10H,3-6,11-12,18H2,1-2H3,(H,19,20)(H,21,22). The molecule has 122 valence electrons. The molecule has 1 amide bonds.